The molecule has 2 fully saturated rings. The SMILES string of the molecule is Cc1cccc(Cl)c1C(=O)N1CC2CNCC2C1. The molecule has 0 spiro atoms. The van der Waals surface area contributed by atoms with E-state index in [4.69, 9.17) is 11.6 Å². The highest BCUT2D eigenvalue weighted by Gasteiger charge is 2.38. The second-order valence-electron chi connectivity index (χ2n) is 5.32. The Bertz CT molecular complexity index is 456. The molecule has 0 aliphatic carbocycles. The summed E-state index contributed by atoms with van der Waals surface area (Å²) in [4.78, 5) is 14.5. The van der Waals surface area contributed by atoms with Crippen molar-refractivity contribution >= 4 is 17.5 Å². The largest absolute Gasteiger partial charge is 0.338 e. The maximum absolute atomic E-state index is 12.5. The average Bonchev–Trinajstić information content (AvgIpc) is 2.88. The Labute approximate surface area is 112 Å². The van der Waals surface area contributed by atoms with Gasteiger partial charge in [0.25, 0.3) is 5.91 Å². The first-order valence-electron chi connectivity index (χ1n) is 6.42. The van der Waals surface area contributed by atoms with Crippen LogP contribution in [0.4, 0.5) is 0 Å². The van der Waals surface area contributed by atoms with Crippen LogP contribution in [0.2, 0.25) is 5.02 Å². The Balaban J connectivity index is 1.83. The molecule has 2 aliphatic rings. The van der Waals surface area contributed by atoms with E-state index in [0.29, 0.717) is 22.4 Å². The lowest BCUT2D eigenvalue weighted by atomic mass is 10.0. The summed E-state index contributed by atoms with van der Waals surface area (Å²) in [5, 5.41) is 3.95. The van der Waals surface area contributed by atoms with Gasteiger partial charge in [0.05, 0.1) is 10.6 Å². The van der Waals surface area contributed by atoms with Crippen LogP contribution in [-0.2, 0) is 0 Å². The number of rotatable bonds is 1. The topological polar surface area (TPSA) is 32.3 Å². The maximum atomic E-state index is 12.5. The van der Waals surface area contributed by atoms with Crippen LogP contribution in [0.1, 0.15) is 15.9 Å². The molecule has 3 rings (SSSR count). The number of benzene rings is 1. The van der Waals surface area contributed by atoms with Gasteiger partial charge in [-0.05, 0) is 30.4 Å². The van der Waals surface area contributed by atoms with Crippen LogP contribution in [0.25, 0.3) is 0 Å². The van der Waals surface area contributed by atoms with Gasteiger partial charge in [-0.2, -0.15) is 0 Å². The monoisotopic (exact) mass is 264 g/mol. The van der Waals surface area contributed by atoms with Crippen molar-refractivity contribution in [2.45, 2.75) is 6.92 Å². The maximum Gasteiger partial charge on any atom is 0.255 e. The van der Waals surface area contributed by atoms with Crippen molar-refractivity contribution in [3.63, 3.8) is 0 Å². The minimum absolute atomic E-state index is 0.0903. The average molecular weight is 265 g/mol. The Morgan fingerprint density at radius 2 is 2.00 bits per heavy atom. The summed E-state index contributed by atoms with van der Waals surface area (Å²) in [6.45, 7) is 5.74. The molecule has 0 radical (unpaired) electrons. The van der Waals surface area contributed by atoms with Gasteiger partial charge in [-0.15, -0.1) is 0 Å². The van der Waals surface area contributed by atoms with Crippen LogP contribution in [0.3, 0.4) is 0 Å². The smallest absolute Gasteiger partial charge is 0.255 e. The number of amides is 1. The molecule has 2 heterocycles. The molecule has 1 aromatic carbocycles. The fourth-order valence-electron chi connectivity index (χ4n) is 3.08. The van der Waals surface area contributed by atoms with Gasteiger partial charge in [0.1, 0.15) is 0 Å². The first-order chi connectivity index (χ1) is 8.66. The van der Waals surface area contributed by atoms with Gasteiger partial charge in [0.2, 0.25) is 0 Å². The summed E-state index contributed by atoms with van der Waals surface area (Å²) in [6, 6.07) is 5.62. The van der Waals surface area contributed by atoms with E-state index in [2.05, 4.69) is 5.32 Å². The van der Waals surface area contributed by atoms with Gasteiger partial charge in [0, 0.05) is 26.2 Å². The molecule has 2 atom stereocenters. The fraction of sp³-hybridized carbons (Fsp3) is 0.500. The molecular formula is C14H17ClN2O. The molecule has 18 heavy (non-hydrogen) atoms. The quantitative estimate of drug-likeness (QED) is 0.841. The van der Waals surface area contributed by atoms with Crippen LogP contribution >= 0.6 is 11.6 Å². The number of carbonyl (C=O) groups is 1. The van der Waals surface area contributed by atoms with Gasteiger partial charge in [0.15, 0.2) is 0 Å². The van der Waals surface area contributed by atoms with Crippen molar-refractivity contribution in [3.05, 3.63) is 34.3 Å². The van der Waals surface area contributed by atoms with E-state index in [1.54, 1.807) is 6.07 Å². The van der Waals surface area contributed by atoms with Gasteiger partial charge in [-0.25, -0.2) is 0 Å². The predicted octanol–water partition coefficient (Wildman–Crippen LogP) is 1.94. The lowest BCUT2D eigenvalue weighted by Gasteiger charge is -2.19. The van der Waals surface area contributed by atoms with E-state index >= 15 is 0 Å². The number of hydrogen-bond acceptors (Lipinski definition) is 2. The summed E-state index contributed by atoms with van der Waals surface area (Å²) < 4.78 is 0. The molecule has 1 N–H and O–H groups in total. The van der Waals surface area contributed by atoms with E-state index in [1.165, 1.54) is 0 Å². The van der Waals surface area contributed by atoms with E-state index < -0.39 is 0 Å². The predicted molar refractivity (Wildman–Crippen MR) is 71.9 cm³/mol. The van der Waals surface area contributed by atoms with Crippen LogP contribution in [0, 0.1) is 18.8 Å². The lowest BCUT2D eigenvalue weighted by molar-refractivity contribution is 0.0781. The molecule has 96 valence electrons. The molecule has 1 aromatic rings. The van der Waals surface area contributed by atoms with Crippen molar-refractivity contribution in [1.29, 1.82) is 0 Å². The second kappa shape index (κ2) is 4.56. The van der Waals surface area contributed by atoms with Gasteiger partial charge < -0.3 is 10.2 Å². The van der Waals surface area contributed by atoms with Crippen molar-refractivity contribution in [2.24, 2.45) is 11.8 Å². The van der Waals surface area contributed by atoms with E-state index in [0.717, 1.165) is 31.7 Å². The number of likely N-dealkylation sites (tertiary alicyclic amines) is 1. The minimum atomic E-state index is 0.0903. The van der Waals surface area contributed by atoms with Crippen LogP contribution < -0.4 is 5.32 Å². The molecule has 2 saturated heterocycles. The van der Waals surface area contributed by atoms with Gasteiger partial charge in [-0.1, -0.05) is 23.7 Å². The minimum Gasteiger partial charge on any atom is -0.338 e. The highest BCUT2D eigenvalue weighted by atomic mass is 35.5. The van der Waals surface area contributed by atoms with Crippen molar-refractivity contribution in [3.8, 4) is 0 Å². The zero-order chi connectivity index (χ0) is 12.7. The molecule has 2 aliphatic heterocycles. The Kier molecular flexibility index (Phi) is 3.04. The third-order valence-electron chi connectivity index (χ3n) is 4.11. The summed E-state index contributed by atoms with van der Waals surface area (Å²) in [6.07, 6.45) is 0. The molecule has 0 aromatic heterocycles. The molecule has 4 heteroatoms. The second-order valence-corrected chi connectivity index (χ2v) is 5.73. The zero-order valence-electron chi connectivity index (χ0n) is 10.4. The highest BCUT2D eigenvalue weighted by Crippen LogP contribution is 2.29. The normalized spacial score (nSPS) is 26.4. The number of nitrogens with zero attached hydrogens (tertiary/aromatic N) is 1. The summed E-state index contributed by atoms with van der Waals surface area (Å²) >= 11 is 6.16. The Morgan fingerprint density at radius 1 is 1.33 bits per heavy atom. The van der Waals surface area contributed by atoms with Crippen LogP contribution in [-0.4, -0.2) is 37.0 Å². The molecule has 0 saturated carbocycles. The Hall–Kier alpha value is -1.06. The third-order valence-corrected chi connectivity index (χ3v) is 4.43. The summed E-state index contributed by atoms with van der Waals surface area (Å²) in [5.41, 5.74) is 1.63. The first kappa shape index (κ1) is 12.0. The number of carbonyl (C=O) groups excluding carboxylic acids is 1. The molecule has 0 bridgehead atoms. The number of nitrogens with one attached hydrogen (secondary N) is 1. The summed E-state index contributed by atoms with van der Waals surface area (Å²) in [5.74, 6) is 1.33. The van der Waals surface area contributed by atoms with Crippen LogP contribution in [0.5, 0.6) is 0 Å². The first-order valence-corrected chi connectivity index (χ1v) is 6.79. The fourth-order valence-corrected chi connectivity index (χ4v) is 3.38. The molecule has 2 unspecified atom stereocenters. The number of aryl methyl sites for hydroxylation is 1. The third kappa shape index (κ3) is 1.91. The number of hydrogen-bond donors (Lipinski definition) is 1. The van der Waals surface area contributed by atoms with Crippen molar-refractivity contribution in [2.75, 3.05) is 26.2 Å². The van der Waals surface area contributed by atoms with E-state index in [9.17, 15) is 4.79 Å². The Morgan fingerprint density at radius 3 is 2.61 bits per heavy atom. The number of halogens is 1. The van der Waals surface area contributed by atoms with E-state index in [-0.39, 0.29) is 5.91 Å². The molecule has 1 amide bonds. The van der Waals surface area contributed by atoms with Crippen LogP contribution in [0.15, 0.2) is 18.2 Å². The summed E-state index contributed by atoms with van der Waals surface area (Å²) in [7, 11) is 0. The van der Waals surface area contributed by atoms with Gasteiger partial charge >= 0.3 is 0 Å². The van der Waals surface area contributed by atoms with Crippen molar-refractivity contribution < 1.29 is 4.79 Å². The van der Waals surface area contributed by atoms with E-state index in [1.807, 2.05) is 24.0 Å². The highest BCUT2D eigenvalue weighted by molar-refractivity contribution is 6.34. The standard InChI is InChI=1S/C14H17ClN2O/c1-9-3-2-4-12(15)13(9)14(18)17-7-10-5-16-6-11(10)8-17/h2-4,10-11,16H,5-8H2,1H3. The van der Waals surface area contributed by atoms with Crippen molar-refractivity contribution in [1.82, 2.24) is 10.2 Å². The molecular weight excluding hydrogens is 248 g/mol. The number of fused-ring (bicyclic) bond motifs is 1. The zero-order valence-corrected chi connectivity index (χ0v) is 11.2. The lowest BCUT2D eigenvalue weighted by Crippen LogP contribution is -2.32. The molecule has 3 nitrogen and oxygen atoms in total. The van der Waals surface area contributed by atoms with Gasteiger partial charge in [-0.3, -0.25) is 4.79 Å².